The van der Waals surface area contributed by atoms with Crippen molar-refractivity contribution in [2.24, 2.45) is 23.7 Å². The zero-order chi connectivity index (χ0) is 16.8. The minimum atomic E-state index is 0.0707. The fourth-order valence-electron chi connectivity index (χ4n) is 7.33. The third kappa shape index (κ3) is 1.61. The molecular weight excluding hydrogens is 308 g/mol. The second-order valence-electron chi connectivity index (χ2n) is 9.03. The quantitative estimate of drug-likeness (QED) is 0.716. The molecule has 25 heavy (non-hydrogen) atoms. The molecule has 2 aromatic rings. The minimum Gasteiger partial charge on any atom is -0.446 e. The molecule has 0 saturated heterocycles. The first-order valence-electron chi connectivity index (χ1n) is 9.98. The molecule has 4 saturated carbocycles. The van der Waals surface area contributed by atoms with Crippen LogP contribution in [0, 0.1) is 30.6 Å². The number of oxazole rings is 1. The normalized spacial score (nSPS) is 40.9. The molecule has 4 aliphatic carbocycles. The van der Waals surface area contributed by atoms with Crippen molar-refractivity contribution in [1.82, 2.24) is 4.98 Å². The number of hydrogen-bond acceptors (Lipinski definition) is 3. The Balaban J connectivity index is 1.61. The van der Waals surface area contributed by atoms with Gasteiger partial charge in [0.1, 0.15) is 5.69 Å². The number of aromatic nitrogens is 1. The monoisotopic (exact) mass is 334 g/mol. The van der Waals surface area contributed by atoms with Crippen LogP contribution in [0.5, 0.6) is 0 Å². The minimum absolute atomic E-state index is 0.0707. The van der Waals surface area contributed by atoms with E-state index in [1.807, 2.05) is 0 Å². The zero-order valence-electron chi connectivity index (χ0n) is 15.1. The van der Waals surface area contributed by atoms with Crippen molar-refractivity contribution in [1.29, 1.82) is 0 Å². The Morgan fingerprint density at radius 1 is 1.04 bits per heavy atom. The molecule has 4 bridgehead atoms. The van der Waals surface area contributed by atoms with E-state index in [2.05, 4.69) is 43.0 Å². The van der Waals surface area contributed by atoms with E-state index >= 15 is 0 Å². The number of fused-ring (bicyclic) bond motifs is 1. The smallest absolute Gasteiger partial charge is 0.181 e. The molecule has 0 radical (unpaired) electrons. The zero-order valence-corrected chi connectivity index (χ0v) is 15.1. The molecule has 3 nitrogen and oxygen atoms in total. The lowest BCUT2D eigenvalue weighted by Crippen LogP contribution is -2.62. The highest BCUT2D eigenvalue weighted by molar-refractivity contribution is 5.62. The first-order chi connectivity index (χ1) is 12.2. The molecule has 1 unspecified atom stereocenters. The summed E-state index contributed by atoms with van der Waals surface area (Å²) in [6.45, 7) is 4.57. The van der Waals surface area contributed by atoms with Gasteiger partial charge >= 0.3 is 0 Å². The van der Waals surface area contributed by atoms with Crippen LogP contribution in [-0.2, 0) is 5.54 Å². The van der Waals surface area contributed by atoms with Crippen molar-refractivity contribution >= 4 is 5.69 Å². The van der Waals surface area contributed by atoms with Crippen LogP contribution in [-0.4, -0.2) is 4.98 Å². The van der Waals surface area contributed by atoms with Crippen LogP contribution in [0.4, 0.5) is 5.69 Å². The maximum absolute atomic E-state index is 5.96. The predicted octanol–water partition coefficient (Wildman–Crippen LogP) is 5.22. The SMILES string of the molecule is Cc1ccccc1N1C(C)c2ocnc2C12C1CC3CC(C1)CC2C3. The van der Waals surface area contributed by atoms with Crippen molar-refractivity contribution in [3.63, 3.8) is 0 Å². The first-order valence-corrected chi connectivity index (χ1v) is 9.98. The fourth-order valence-corrected chi connectivity index (χ4v) is 7.33. The van der Waals surface area contributed by atoms with E-state index in [1.165, 1.54) is 49.0 Å². The summed E-state index contributed by atoms with van der Waals surface area (Å²) in [5, 5.41) is 0. The van der Waals surface area contributed by atoms with Gasteiger partial charge in [0, 0.05) is 5.69 Å². The van der Waals surface area contributed by atoms with Gasteiger partial charge in [0.15, 0.2) is 12.2 Å². The van der Waals surface area contributed by atoms with E-state index in [0.717, 1.165) is 29.4 Å². The Morgan fingerprint density at radius 2 is 1.72 bits per heavy atom. The Morgan fingerprint density at radius 3 is 2.40 bits per heavy atom. The molecule has 1 aliphatic heterocycles. The molecule has 1 spiro atoms. The molecule has 130 valence electrons. The summed E-state index contributed by atoms with van der Waals surface area (Å²) in [5.41, 5.74) is 4.10. The summed E-state index contributed by atoms with van der Waals surface area (Å²) < 4.78 is 5.96. The number of hydrogen-bond donors (Lipinski definition) is 0. The highest BCUT2D eigenvalue weighted by atomic mass is 16.3. The second-order valence-corrected chi connectivity index (χ2v) is 9.03. The van der Waals surface area contributed by atoms with E-state index in [0.29, 0.717) is 0 Å². The summed E-state index contributed by atoms with van der Waals surface area (Å²) in [7, 11) is 0. The number of aryl methyl sites for hydroxylation is 1. The van der Waals surface area contributed by atoms with Gasteiger partial charge in [-0.3, -0.25) is 0 Å². The van der Waals surface area contributed by atoms with Crippen LogP contribution in [0.1, 0.15) is 62.1 Å². The Labute approximate surface area is 149 Å². The third-order valence-corrected chi connectivity index (χ3v) is 7.90. The Kier molecular flexibility index (Phi) is 2.70. The lowest BCUT2D eigenvalue weighted by molar-refractivity contribution is -0.0619. The molecule has 1 atom stereocenters. The van der Waals surface area contributed by atoms with Crippen LogP contribution in [0.2, 0.25) is 0 Å². The van der Waals surface area contributed by atoms with Gasteiger partial charge in [0.25, 0.3) is 0 Å². The second kappa shape index (κ2) is 4.69. The van der Waals surface area contributed by atoms with Gasteiger partial charge in [0.2, 0.25) is 0 Å². The Bertz CT molecular complexity index is 810. The largest absolute Gasteiger partial charge is 0.446 e. The van der Waals surface area contributed by atoms with Crippen molar-refractivity contribution in [3.05, 3.63) is 47.7 Å². The summed E-state index contributed by atoms with van der Waals surface area (Å²) >= 11 is 0. The molecule has 1 aromatic carbocycles. The van der Waals surface area contributed by atoms with E-state index in [9.17, 15) is 0 Å². The van der Waals surface area contributed by atoms with E-state index in [-0.39, 0.29) is 11.6 Å². The van der Waals surface area contributed by atoms with Crippen molar-refractivity contribution in [3.8, 4) is 0 Å². The van der Waals surface area contributed by atoms with Crippen molar-refractivity contribution in [2.75, 3.05) is 4.90 Å². The van der Waals surface area contributed by atoms with Gasteiger partial charge < -0.3 is 9.32 Å². The first kappa shape index (κ1) is 14.4. The highest BCUT2D eigenvalue weighted by Gasteiger charge is 2.66. The van der Waals surface area contributed by atoms with Gasteiger partial charge in [0.05, 0.1) is 11.6 Å². The lowest BCUT2D eigenvalue weighted by Gasteiger charge is -2.63. The molecule has 5 aliphatic rings. The molecule has 0 amide bonds. The summed E-state index contributed by atoms with van der Waals surface area (Å²) in [6.07, 6.45) is 8.71. The number of benzene rings is 1. The topological polar surface area (TPSA) is 29.3 Å². The van der Waals surface area contributed by atoms with Crippen LogP contribution in [0.15, 0.2) is 35.1 Å². The number of rotatable bonds is 1. The molecular formula is C22H26N2O. The van der Waals surface area contributed by atoms with Gasteiger partial charge in [-0.1, -0.05) is 18.2 Å². The van der Waals surface area contributed by atoms with Gasteiger partial charge in [-0.25, -0.2) is 4.98 Å². The molecule has 4 fully saturated rings. The summed E-state index contributed by atoms with van der Waals surface area (Å²) in [5.74, 6) is 4.50. The highest BCUT2D eigenvalue weighted by Crippen LogP contribution is 2.68. The maximum atomic E-state index is 5.96. The average molecular weight is 334 g/mol. The number of para-hydroxylation sites is 1. The van der Waals surface area contributed by atoms with E-state index < -0.39 is 0 Å². The van der Waals surface area contributed by atoms with Crippen LogP contribution in [0.3, 0.4) is 0 Å². The number of anilines is 1. The maximum Gasteiger partial charge on any atom is 0.181 e. The van der Waals surface area contributed by atoms with Crippen LogP contribution < -0.4 is 4.90 Å². The summed E-state index contributed by atoms with van der Waals surface area (Å²) in [6, 6.07) is 9.17. The van der Waals surface area contributed by atoms with Crippen molar-refractivity contribution in [2.45, 2.75) is 57.5 Å². The fraction of sp³-hybridized carbons (Fsp3) is 0.591. The van der Waals surface area contributed by atoms with Gasteiger partial charge in [-0.15, -0.1) is 0 Å². The van der Waals surface area contributed by atoms with Gasteiger partial charge in [-0.05, 0) is 81.3 Å². The standard InChI is InChI=1S/C22H26N2O/c1-13-5-3-4-6-19(13)24-14(2)20-21(23-12-25-20)22(24)17-8-15-7-16(10-17)11-18(22)9-15/h3-6,12,14-18H,7-11H2,1-2H3. The van der Waals surface area contributed by atoms with Crippen LogP contribution >= 0.6 is 0 Å². The van der Waals surface area contributed by atoms with Gasteiger partial charge in [-0.2, -0.15) is 0 Å². The van der Waals surface area contributed by atoms with Crippen molar-refractivity contribution < 1.29 is 4.42 Å². The lowest BCUT2D eigenvalue weighted by atomic mass is 9.47. The molecule has 7 rings (SSSR count). The Hall–Kier alpha value is -1.77. The molecule has 3 heteroatoms. The predicted molar refractivity (Wildman–Crippen MR) is 97.3 cm³/mol. The molecule has 0 N–H and O–H groups in total. The third-order valence-electron chi connectivity index (χ3n) is 7.90. The van der Waals surface area contributed by atoms with Crippen LogP contribution in [0.25, 0.3) is 0 Å². The van der Waals surface area contributed by atoms with E-state index in [1.54, 1.807) is 6.39 Å². The number of nitrogens with zero attached hydrogens (tertiary/aromatic N) is 2. The molecule has 1 aromatic heterocycles. The summed E-state index contributed by atoms with van der Waals surface area (Å²) in [4.78, 5) is 7.58. The average Bonchev–Trinajstić information content (AvgIpc) is 3.15. The molecule has 2 heterocycles. The van der Waals surface area contributed by atoms with E-state index in [4.69, 9.17) is 9.40 Å².